The molecule has 32 heavy (non-hydrogen) atoms. The van der Waals surface area contributed by atoms with Gasteiger partial charge in [-0.15, -0.1) is 0 Å². The Morgan fingerprint density at radius 1 is 1.22 bits per heavy atom. The van der Waals surface area contributed by atoms with E-state index in [1.54, 1.807) is 0 Å². The molecule has 5 aliphatic rings. The van der Waals surface area contributed by atoms with Crippen molar-refractivity contribution in [2.45, 2.75) is 89.6 Å². The molecule has 0 saturated heterocycles. The largest absolute Gasteiger partial charge is 0.481 e. The number of fused-ring (bicyclic) bond motifs is 1. The highest BCUT2D eigenvalue weighted by Crippen LogP contribution is 2.70. The number of aryl methyl sites for hydroxylation is 1. The topological polar surface area (TPSA) is 69.6 Å². The third-order valence-electron chi connectivity index (χ3n) is 8.28. The number of nitrogens with zero attached hydrogens (tertiary/aromatic N) is 1. The molecule has 2 N–H and O–H groups in total. The molecule has 5 nitrogen and oxygen atoms in total. The van der Waals surface area contributed by atoms with Gasteiger partial charge >= 0.3 is 12.0 Å². The summed E-state index contributed by atoms with van der Waals surface area (Å²) in [6.07, 6.45) is 9.68. The number of carboxylic acid groups (broad SMARTS) is 1. The van der Waals surface area contributed by atoms with E-state index in [0.29, 0.717) is 19.3 Å². The van der Waals surface area contributed by atoms with Crippen LogP contribution in [0.1, 0.15) is 83.3 Å². The third kappa shape index (κ3) is 3.19. The molecule has 6 heteroatoms. The van der Waals surface area contributed by atoms with Crippen molar-refractivity contribution in [1.82, 2.24) is 10.2 Å². The molecule has 6 rings (SSSR count). The lowest BCUT2D eigenvalue weighted by molar-refractivity contribution is -0.215. The molecule has 4 aliphatic carbocycles. The Kier molecular flexibility index (Phi) is 4.77. The smallest absolute Gasteiger partial charge is 0.322 e. The van der Waals surface area contributed by atoms with Crippen molar-refractivity contribution in [3.63, 3.8) is 0 Å². The van der Waals surface area contributed by atoms with Gasteiger partial charge in [-0.1, -0.05) is 50.9 Å². The first-order valence-corrected chi connectivity index (χ1v) is 12.2. The zero-order valence-electron chi connectivity index (χ0n) is 19.3. The van der Waals surface area contributed by atoms with Crippen LogP contribution in [-0.4, -0.2) is 27.5 Å². The predicted octanol–water partition coefficient (Wildman–Crippen LogP) is 6.00. The fourth-order valence-corrected chi connectivity index (χ4v) is 6.63. The molecule has 1 heterocycles. The zero-order chi connectivity index (χ0) is 22.9. The van der Waals surface area contributed by atoms with Crippen molar-refractivity contribution in [2.24, 2.45) is 10.8 Å². The molecule has 2 amide bonds. The molecule has 0 aromatic heterocycles. The zero-order valence-corrected chi connectivity index (χ0v) is 20.0. The Balaban J connectivity index is 1.43. The molecule has 0 unspecified atom stereocenters. The highest BCUT2D eigenvalue weighted by Gasteiger charge is 2.75. The Hall–Kier alpha value is -2.01. The van der Waals surface area contributed by atoms with E-state index < -0.39 is 16.9 Å². The maximum atomic E-state index is 13.3. The Bertz CT molecular complexity index is 1000. The van der Waals surface area contributed by atoms with Gasteiger partial charge in [-0.3, -0.25) is 9.69 Å². The fraction of sp³-hybridized carbons (Fsp3) is 0.615. The van der Waals surface area contributed by atoms with Crippen molar-refractivity contribution in [1.29, 1.82) is 0 Å². The van der Waals surface area contributed by atoms with Gasteiger partial charge in [0.25, 0.3) is 0 Å². The molecule has 0 spiro atoms. The van der Waals surface area contributed by atoms with E-state index in [1.165, 1.54) is 5.57 Å². The van der Waals surface area contributed by atoms with Gasteiger partial charge in [0, 0.05) is 11.2 Å². The summed E-state index contributed by atoms with van der Waals surface area (Å²) in [5.41, 5.74) is 2.26. The van der Waals surface area contributed by atoms with Crippen molar-refractivity contribution >= 4 is 23.6 Å². The average molecular weight is 457 g/mol. The van der Waals surface area contributed by atoms with Crippen LogP contribution >= 0.6 is 11.6 Å². The Labute approximate surface area is 195 Å². The first kappa shape index (κ1) is 21.8. The van der Waals surface area contributed by atoms with E-state index in [0.717, 1.165) is 54.7 Å². The first-order valence-electron chi connectivity index (χ1n) is 11.8. The van der Waals surface area contributed by atoms with Crippen LogP contribution in [0.2, 0.25) is 5.02 Å². The predicted molar refractivity (Wildman–Crippen MR) is 124 cm³/mol. The van der Waals surface area contributed by atoms with Gasteiger partial charge in [0.15, 0.2) is 0 Å². The molecule has 1 aromatic carbocycles. The molecular formula is C26H33ClN2O3. The van der Waals surface area contributed by atoms with Crippen LogP contribution in [0.4, 0.5) is 4.79 Å². The second-order valence-electron chi connectivity index (χ2n) is 11.8. The second kappa shape index (κ2) is 6.99. The number of carbonyl (C=O) groups excluding carboxylic acids is 1. The van der Waals surface area contributed by atoms with Crippen molar-refractivity contribution in [3.8, 4) is 0 Å². The fourth-order valence-electron chi connectivity index (χ4n) is 6.35. The number of carbonyl (C=O) groups is 2. The maximum absolute atomic E-state index is 13.3. The van der Waals surface area contributed by atoms with Gasteiger partial charge in [0.05, 0.1) is 16.5 Å². The Morgan fingerprint density at radius 3 is 2.56 bits per heavy atom. The number of amides is 2. The SMILES string of the molecule is CC(C)(C)CCc1ccc([C@@]23CCCCC2=CN(C24CC(C(=O)O)(C2)C4)C(=O)N3)cc1Cl. The molecule has 1 aromatic rings. The highest BCUT2D eigenvalue weighted by molar-refractivity contribution is 6.31. The van der Waals surface area contributed by atoms with Gasteiger partial charge in [-0.2, -0.15) is 0 Å². The second-order valence-corrected chi connectivity index (χ2v) is 12.2. The summed E-state index contributed by atoms with van der Waals surface area (Å²) >= 11 is 6.73. The molecule has 172 valence electrons. The summed E-state index contributed by atoms with van der Waals surface area (Å²) in [4.78, 5) is 26.7. The summed E-state index contributed by atoms with van der Waals surface area (Å²) in [5, 5.41) is 13.6. The summed E-state index contributed by atoms with van der Waals surface area (Å²) in [5.74, 6) is -0.724. The number of hydrogen-bond donors (Lipinski definition) is 2. The van der Waals surface area contributed by atoms with E-state index in [9.17, 15) is 14.7 Å². The number of hydrogen-bond acceptors (Lipinski definition) is 2. The van der Waals surface area contributed by atoms with E-state index in [1.807, 2.05) is 11.1 Å². The average Bonchev–Trinajstić information content (AvgIpc) is 2.64. The highest BCUT2D eigenvalue weighted by atomic mass is 35.5. The molecule has 1 atom stereocenters. The van der Waals surface area contributed by atoms with Gasteiger partial charge in [0.2, 0.25) is 0 Å². The van der Waals surface area contributed by atoms with Crippen LogP contribution in [0.25, 0.3) is 0 Å². The first-order chi connectivity index (χ1) is 15.0. The van der Waals surface area contributed by atoms with E-state index in [-0.39, 0.29) is 17.0 Å². The Morgan fingerprint density at radius 2 is 1.94 bits per heavy atom. The lowest BCUT2D eigenvalue weighted by Crippen LogP contribution is -2.78. The van der Waals surface area contributed by atoms with Crippen LogP contribution < -0.4 is 5.32 Å². The third-order valence-corrected chi connectivity index (χ3v) is 8.63. The molecule has 4 saturated carbocycles. The number of halogens is 1. The van der Waals surface area contributed by atoms with Gasteiger partial charge in [-0.05, 0) is 79.5 Å². The molecule has 0 radical (unpaired) electrons. The number of urea groups is 1. The standard InChI is InChI=1S/C26H33ClN2O3/c1-23(2,3)11-9-17-7-8-18(12-20(17)27)26-10-5-4-6-19(26)13-29(22(32)28-26)25-14-24(15-25,16-25)21(30)31/h7-8,12-13H,4-6,9-11,14-16H2,1-3H3,(H,28,32)(H,30,31)/t24?,25?,26-/m0/s1. The van der Waals surface area contributed by atoms with Gasteiger partial charge in [-0.25, -0.2) is 4.79 Å². The summed E-state index contributed by atoms with van der Waals surface area (Å²) in [7, 11) is 0. The number of aliphatic carboxylic acids is 1. The van der Waals surface area contributed by atoms with E-state index >= 15 is 0 Å². The van der Waals surface area contributed by atoms with Crippen molar-refractivity contribution in [2.75, 3.05) is 0 Å². The summed E-state index contributed by atoms with van der Waals surface area (Å²) in [6.45, 7) is 6.71. The summed E-state index contributed by atoms with van der Waals surface area (Å²) < 4.78 is 0. The lowest BCUT2D eigenvalue weighted by Gasteiger charge is -2.71. The molecular weight excluding hydrogens is 424 g/mol. The van der Waals surface area contributed by atoms with Crippen molar-refractivity contribution < 1.29 is 14.7 Å². The van der Waals surface area contributed by atoms with Crippen LogP contribution in [0.5, 0.6) is 0 Å². The molecule has 1 aliphatic heterocycles. The van der Waals surface area contributed by atoms with Gasteiger partial charge in [0.1, 0.15) is 0 Å². The number of carboxylic acids is 1. The summed E-state index contributed by atoms with van der Waals surface area (Å²) in [6, 6.07) is 6.21. The number of rotatable bonds is 5. The maximum Gasteiger partial charge on any atom is 0.322 e. The van der Waals surface area contributed by atoms with E-state index in [4.69, 9.17) is 11.6 Å². The van der Waals surface area contributed by atoms with Crippen LogP contribution in [0, 0.1) is 10.8 Å². The van der Waals surface area contributed by atoms with Gasteiger partial charge < -0.3 is 10.4 Å². The quantitative estimate of drug-likeness (QED) is 0.570. The van der Waals surface area contributed by atoms with Crippen LogP contribution in [0.3, 0.4) is 0 Å². The number of nitrogens with one attached hydrogen (secondary N) is 1. The minimum absolute atomic E-state index is 0.109. The molecule has 2 bridgehead atoms. The van der Waals surface area contributed by atoms with Crippen LogP contribution in [0.15, 0.2) is 30.0 Å². The monoisotopic (exact) mass is 456 g/mol. The minimum atomic E-state index is -0.724. The normalized spacial score (nSPS) is 33.4. The number of benzene rings is 1. The molecule has 4 fully saturated rings. The van der Waals surface area contributed by atoms with Crippen molar-refractivity contribution in [3.05, 3.63) is 46.1 Å². The van der Waals surface area contributed by atoms with Crippen LogP contribution in [-0.2, 0) is 16.8 Å². The minimum Gasteiger partial charge on any atom is -0.481 e. The van der Waals surface area contributed by atoms with E-state index in [2.05, 4.69) is 44.3 Å². The lowest BCUT2D eigenvalue weighted by atomic mass is 9.38.